The minimum Gasteiger partial charge on any atom is -0.338 e. The zero-order valence-electron chi connectivity index (χ0n) is 13.2. The van der Waals surface area contributed by atoms with Gasteiger partial charge in [0, 0.05) is 25.2 Å². The van der Waals surface area contributed by atoms with E-state index < -0.39 is 0 Å². The molecule has 0 saturated carbocycles. The second kappa shape index (κ2) is 5.80. The predicted octanol–water partition coefficient (Wildman–Crippen LogP) is 2.98. The van der Waals surface area contributed by atoms with E-state index in [1.54, 1.807) is 0 Å². The normalized spacial score (nSPS) is 20.4. The van der Waals surface area contributed by atoms with Gasteiger partial charge >= 0.3 is 0 Å². The van der Waals surface area contributed by atoms with Crippen LogP contribution in [-0.4, -0.2) is 30.4 Å². The zero-order valence-corrected chi connectivity index (χ0v) is 13.2. The fraction of sp³-hybridized carbons (Fsp3) is 0.611. The predicted molar refractivity (Wildman–Crippen MR) is 85.4 cm³/mol. The lowest BCUT2D eigenvalue weighted by atomic mass is 9.82. The smallest absolute Gasteiger partial charge is 0.254 e. The van der Waals surface area contributed by atoms with Crippen LogP contribution >= 0.6 is 0 Å². The van der Waals surface area contributed by atoms with E-state index >= 15 is 0 Å². The highest BCUT2D eigenvalue weighted by atomic mass is 16.2. The van der Waals surface area contributed by atoms with Gasteiger partial charge in [0.1, 0.15) is 0 Å². The summed E-state index contributed by atoms with van der Waals surface area (Å²) < 4.78 is 0. The van der Waals surface area contributed by atoms with Crippen molar-refractivity contribution in [3.63, 3.8) is 0 Å². The number of likely N-dealkylation sites (tertiary alicyclic amines) is 1. The highest BCUT2D eigenvalue weighted by Gasteiger charge is 2.37. The Labute approximate surface area is 127 Å². The van der Waals surface area contributed by atoms with Crippen molar-refractivity contribution in [3.8, 4) is 0 Å². The summed E-state index contributed by atoms with van der Waals surface area (Å²) >= 11 is 0. The third-order valence-corrected chi connectivity index (χ3v) is 5.60. The Hall–Kier alpha value is -1.35. The number of fused-ring (bicyclic) bond motifs is 1. The average molecular weight is 286 g/mol. The van der Waals surface area contributed by atoms with E-state index in [0.29, 0.717) is 5.41 Å². The molecule has 0 bridgehead atoms. The van der Waals surface area contributed by atoms with Crippen molar-refractivity contribution in [1.82, 2.24) is 10.2 Å². The van der Waals surface area contributed by atoms with Gasteiger partial charge in [0.2, 0.25) is 0 Å². The number of carbonyl (C=O) groups is 1. The summed E-state index contributed by atoms with van der Waals surface area (Å²) in [5.74, 6) is 0.248. The first-order valence-corrected chi connectivity index (χ1v) is 8.30. The minimum atomic E-state index is 0.248. The monoisotopic (exact) mass is 286 g/mol. The van der Waals surface area contributed by atoms with Crippen molar-refractivity contribution < 1.29 is 4.79 Å². The molecule has 2 aliphatic rings. The van der Waals surface area contributed by atoms with E-state index in [1.807, 2.05) is 12.1 Å². The summed E-state index contributed by atoms with van der Waals surface area (Å²) in [6.45, 7) is 8.24. The van der Waals surface area contributed by atoms with E-state index in [-0.39, 0.29) is 5.91 Å². The first kappa shape index (κ1) is 14.6. The Morgan fingerprint density at radius 1 is 1.33 bits per heavy atom. The van der Waals surface area contributed by atoms with Gasteiger partial charge in [0.25, 0.3) is 5.91 Å². The summed E-state index contributed by atoms with van der Waals surface area (Å²) in [7, 11) is 0. The molecule has 1 aromatic carbocycles. The molecule has 114 valence electrons. The zero-order chi connectivity index (χ0) is 14.9. The van der Waals surface area contributed by atoms with Crippen molar-refractivity contribution in [1.29, 1.82) is 0 Å². The standard InChI is InChI=1S/C18H26N2O/c1-3-18(4-2)9-11-20(13-18)17(21)16-7-5-6-14-12-19-10-8-15(14)16/h5-7,19H,3-4,8-13H2,1-2H3. The summed E-state index contributed by atoms with van der Waals surface area (Å²) in [5.41, 5.74) is 3.86. The molecule has 21 heavy (non-hydrogen) atoms. The quantitative estimate of drug-likeness (QED) is 0.926. The molecule has 3 nitrogen and oxygen atoms in total. The molecule has 0 aromatic heterocycles. The fourth-order valence-corrected chi connectivity index (χ4v) is 3.84. The number of hydrogen-bond acceptors (Lipinski definition) is 2. The first-order valence-electron chi connectivity index (χ1n) is 8.30. The number of rotatable bonds is 3. The van der Waals surface area contributed by atoms with Gasteiger partial charge in [-0.3, -0.25) is 4.79 Å². The molecule has 0 unspecified atom stereocenters. The minimum absolute atomic E-state index is 0.248. The third kappa shape index (κ3) is 2.59. The van der Waals surface area contributed by atoms with Crippen LogP contribution in [0.5, 0.6) is 0 Å². The maximum atomic E-state index is 12.9. The van der Waals surface area contributed by atoms with Crippen LogP contribution in [0, 0.1) is 5.41 Å². The maximum Gasteiger partial charge on any atom is 0.254 e. The van der Waals surface area contributed by atoms with E-state index in [1.165, 1.54) is 24.0 Å². The first-order chi connectivity index (χ1) is 10.2. The van der Waals surface area contributed by atoms with Gasteiger partial charge in [-0.15, -0.1) is 0 Å². The van der Waals surface area contributed by atoms with Gasteiger partial charge in [0.15, 0.2) is 0 Å². The van der Waals surface area contributed by atoms with Gasteiger partial charge in [-0.05, 0) is 54.8 Å². The van der Waals surface area contributed by atoms with Gasteiger partial charge in [-0.2, -0.15) is 0 Å². The number of hydrogen-bond donors (Lipinski definition) is 1. The highest BCUT2D eigenvalue weighted by Crippen LogP contribution is 2.37. The van der Waals surface area contributed by atoms with Crippen molar-refractivity contribution in [2.75, 3.05) is 19.6 Å². The molecule has 3 rings (SSSR count). The molecule has 2 heterocycles. The van der Waals surface area contributed by atoms with E-state index in [4.69, 9.17) is 0 Å². The lowest BCUT2D eigenvalue weighted by Crippen LogP contribution is -2.34. The fourth-order valence-electron chi connectivity index (χ4n) is 3.84. The number of nitrogens with zero attached hydrogens (tertiary/aromatic N) is 1. The van der Waals surface area contributed by atoms with Crippen molar-refractivity contribution in [2.24, 2.45) is 5.41 Å². The van der Waals surface area contributed by atoms with E-state index in [0.717, 1.165) is 44.6 Å². The molecule has 0 spiro atoms. The van der Waals surface area contributed by atoms with Crippen LogP contribution in [-0.2, 0) is 13.0 Å². The van der Waals surface area contributed by atoms with Gasteiger partial charge in [-0.25, -0.2) is 0 Å². The molecule has 0 aliphatic carbocycles. The van der Waals surface area contributed by atoms with Crippen LogP contribution in [0.25, 0.3) is 0 Å². The second-order valence-corrected chi connectivity index (χ2v) is 6.55. The number of benzene rings is 1. The SMILES string of the molecule is CCC1(CC)CCN(C(=O)c2cccc3c2CCNC3)C1. The van der Waals surface area contributed by atoms with Crippen LogP contribution in [0.1, 0.15) is 54.6 Å². The number of nitrogens with one attached hydrogen (secondary N) is 1. The molecule has 2 aliphatic heterocycles. The number of amides is 1. The summed E-state index contributed by atoms with van der Waals surface area (Å²) in [6.07, 6.45) is 4.47. The summed E-state index contributed by atoms with van der Waals surface area (Å²) in [6, 6.07) is 6.19. The Morgan fingerprint density at radius 3 is 2.86 bits per heavy atom. The Bertz CT molecular complexity index is 534. The summed E-state index contributed by atoms with van der Waals surface area (Å²) in [4.78, 5) is 15.0. The van der Waals surface area contributed by atoms with Gasteiger partial charge in [-0.1, -0.05) is 26.0 Å². The maximum absolute atomic E-state index is 12.9. The van der Waals surface area contributed by atoms with Crippen LogP contribution in [0.3, 0.4) is 0 Å². The Morgan fingerprint density at radius 2 is 2.14 bits per heavy atom. The Kier molecular flexibility index (Phi) is 4.03. The molecule has 0 atom stereocenters. The largest absolute Gasteiger partial charge is 0.338 e. The van der Waals surface area contributed by atoms with Crippen LogP contribution in [0.2, 0.25) is 0 Å². The Balaban J connectivity index is 1.84. The molecule has 1 N–H and O–H groups in total. The van der Waals surface area contributed by atoms with E-state index in [9.17, 15) is 4.79 Å². The molecular formula is C18H26N2O. The number of carbonyl (C=O) groups excluding carboxylic acids is 1. The van der Waals surface area contributed by atoms with Crippen LogP contribution in [0.4, 0.5) is 0 Å². The van der Waals surface area contributed by atoms with Crippen molar-refractivity contribution in [2.45, 2.75) is 46.1 Å². The van der Waals surface area contributed by atoms with Gasteiger partial charge < -0.3 is 10.2 Å². The average Bonchev–Trinajstić information content (AvgIpc) is 2.99. The third-order valence-electron chi connectivity index (χ3n) is 5.60. The molecule has 3 heteroatoms. The topological polar surface area (TPSA) is 32.3 Å². The van der Waals surface area contributed by atoms with E-state index in [2.05, 4.69) is 30.1 Å². The molecule has 1 saturated heterocycles. The highest BCUT2D eigenvalue weighted by molar-refractivity contribution is 5.96. The molecule has 1 fully saturated rings. The second-order valence-electron chi connectivity index (χ2n) is 6.55. The van der Waals surface area contributed by atoms with Crippen LogP contribution in [0.15, 0.2) is 18.2 Å². The molecule has 0 radical (unpaired) electrons. The van der Waals surface area contributed by atoms with Crippen molar-refractivity contribution in [3.05, 3.63) is 34.9 Å². The molecule has 1 aromatic rings. The lowest BCUT2D eigenvalue weighted by molar-refractivity contribution is 0.0768. The van der Waals surface area contributed by atoms with Crippen molar-refractivity contribution >= 4 is 5.91 Å². The lowest BCUT2D eigenvalue weighted by Gasteiger charge is -2.27. The molecule has 1 amide bonds. The van der Waals surface area contributed by atoms with Gasteiger partial charge in [0.05, 0.1) is 0 Å². The van der Waals surface area contributed by atoms with Crippen LogP contribution < -0.4 is 5.32 Å². The summed E-state index contributed by atoms with van der Waals surface area (Å²) in [5, 5.41) is 3.38. The molecular weight excluding hydrogens is 260 g/mol.